The van der Waals surface area contributed by atoms with Crippen molar-refractivity contribution in [3.05, 3.63) is 29.8 Å². The number of urea groups is 1. The zero-order valence-corrected chi connectivity index (χ0v) is 12.1. The van der Waals surface area contributed by atoms with Gasteiger partial charge in [0.1, 0.15) is 6.54 Å². The van der Waals surface area contributed by atoms with Crippen molar-refractivity contribution >= 4 is 11.7 Å². The fraction of sp³-hybridized carbons (Fsp3) is 0.500. The number of carbonyl (C=O) groups is 1. The number of carbonyl (C=O) groups excluding carboxylic acids is 1. The zero-order valence-electron chi connectivity index (χ0n) is 12.1. The molecule has 0 aromatic heterocycles. The van der Waals surface area contributed by atoms with E-state index < -0.39 is 18.8 Å². The maximum Gasteiger partial charge on any atom is 0.406 e. The largest absolute Gasteiger partial charge is 0.406 e. The first-order valence-corrected chi connectivity index (χ1v) is 6.71. The standard InChI is InChI=1S/C14H20F3N3O/c1-3-8-20(9-14(15,16)17)13(21)19-12-6-4-11(5-7-12)10(2)18/h4-7,10H,3,8-9,18H2,1-2H3,(H,19,21). The molecule has 7 heteroatoms. The van der Waals surface area contributed by atoms with Crippen LogP contribution in [0.2, 0.25) is 0 Å². The predicted molar refractivity (Wildman–Crippen MR) is 76.0 cm³/mol. The van der Waals surface area contributed by atoms with Crippen molar-refractivity contribution in [1.29, 1.82) is 0 Å². The van der Waals surface area contributed by atoms with Crippen LogP contribution in [0.5, 0.6) is 0 Å². The molecule has 21 heavy (non-hydrogen) atoms. The molecule has 0 aliphatic heterocycles. The highest BCUT2D eigenvalue weighted by molar-refractivity contribution is 5.89. The van der Waals surface area contributed by atoms with Crippen LogP contribution in [0.25, 0.3) is 0 Å². The van der Waals surface area contributed by atoms with Crippen LogP contribution >= 0.6 is 0 Å². The Morgan fingerprint density at radius 3 is 2.33 bits per heavy atom. The van der Waals surface area contributed by atoms with Crippen molar-refractivity contribution in [3.63, 3.8) is 0 Å². The second kappa shape index (κ2) is 7.31. The molecule has 0 heterocycles. The molecule has 0 spiro atoms. The van der Waals surface area contributed by atoms with Crippen LogP contribution in [-0.2, 0) is 0 Å². The highest BCUT2D eigenvalue weighted by Gasteiger charge is 2.32. The third-order valence-electron chi connectivity index (χ3n) is 2.84. The van der Waals surface area contributed by atoms with E-state index in [0.717, 1.165) is 10.5 Å². The molecule has 0 radical (unpaired) electrons. The van der Waals surface area contributed by atoms with Gasteiger partial charge in [0, 0.05) is 18.3 Å². The summed E-state index contributed by atoms with van der Waals surface area (Å²) < 4.78 is 37.3. The third kappa shape index (κ3) is 6.03. The summed E-state index contributed by atoms with van der Waals surface area (Å²) in [5.74, 6) is 0. The molecule has 0 bridgehead atoms. The van der Waals surface area contributed by atoms with Gasteiger partial charge < -0.3 is 16.0 Å². The monoisotopic (exact) mass is 303 g/mol. The van der Waals surface area contributed by atoms with Gasteiger partial charge in [-0.3, -0.25) is 0 Å². The normalized spacial score (nSPS) is 12.9. The predicted octanol–water partition coefficient (Wildman–Crippen LogP) is 3.51. The molecular weight excluding hydrogens is 283 g/mol. The number of hydrogen-bond acceptors (Lipinski definition) is 2. The fourth-order valence-corrected chi connectivity index (χ4v) is 1.81. The van der Waals surface area contributed by atoms with E-state index >= 15 is 0 Å². The molecular formula is C14H20F3N3O. The van der Waals surface area contributed by atoms with Gasteiger partial charge in [-0.05, 0) is 31.0 Å². The quantitative estimate of drug-likeness (QED) is 0.874. The van der Waals surface area contributed by atoms with Crippen molar-refractivity contribution in [2.75, 3.05) is 18.4 Å². The second-order valence-electron chi connectivity index (χ2n) is 4.88. The molecule has 0 saturated carbocycles. The minimum Gasteiger partial charge on any atom is -0.324 e. The lowest BCUT2D eigenvalue weighted by Gasteiger charge is -2.23. The van der Waals surface area contributed by atoms with Crippen LogP contribution in [0.4, 0.5) is 23.7 Å². The summed E-state index contributed by atoms with van der Waals surface area (Å²) in [6.45, 7) is 2.32. The minimum atomic E-state index is -4.41. The molecule has 3 N–H and O–H groups in total. The Balaban J connectivity index is 2.72. The summed E-state index contributed by atoms with van der Waals surface area (Å²) in [6.07, 6.45) is -3.96. The zero-order chi connectivity index (χ0) is 16.0. The number of nitrogens with zero attached hydrogens (tertiary/aromatic N) is 1. The lowest BCUT2D eigenvalue weighted by molar-refractivity contribution is -0.139. The number of nitrogens with one attached hydrogen (secondary N) is 1. The number of rotatable bonds is 5. The third-order valence-corrected chi connectivity index (χ3v) is 2.84. The Labute approximate surface area is 122 Å². The Kier molecular flexibility index (Phi) is 6.02. The summed E-state index contributed by atoms with van der Waals surface area (Å²) >= 11 is 0. The first-order valence-electron chi connectivity index (χ1n) is 6.71. The lowest BCUT2D eigenvalue weighted by Crippen LogP contribution is -2.41. The molecule has 1 unspecified atom stereocenters. The summed E-state index contributed by atoms with van der Waals surface area (Å²) in [7, 11) is 0. The first-order chi connectivity index (χ1) is 9.73. The lowest BCUT2D eigenvalue weighted by atomic mass is 10.1. The van der Waals surface area contributed by atoms with Gasteiger partial charge in [-0.1, -0.05) is 19.1 Å². The molecule has 2 amide bonds. The van der Waals surface area contributed by atoms with Crippen molar-refractivity contribution < 1.29 is 18.0 Å². The maximum atomic E-state index is 12.4. The van der Waals surface area contributed by atoms with E-state index in [9.17, 15) is 18.0 Å². The highest BCUT2D eigenvalue weighted by Crippen LogP contribution is 2.18. The first kappa shape index (κ1) is 17.3. The van der Waals surface area contributed by atoms with Gasteiger partial charge in [0.15, 0.2) is 0 Å². The van der Waals surface area contributed by atoms with Crippen LogP contribution in [0.1, 0.15) is 31.9 Å². The Morgan fingerprint density at radius 2 is 1.90 bits per heavy atom. The van der Waals surface area contributed by atoms with E-state index in [1.54, 1.807) is 31.2 Å². The highest BCUT2D eigenvalue weighted by atomic mass is 19.4. The maximum absolute atomic E-state index is 12.4. The van der Waals surface area contributed by atoms with Gasteiger partial charge in [-0.2, -0.15) is 13.2 Å². The average Bonchev–Trinajstić information content (AvgIpc) is 2.37. The van der Waals surface area contributed by atoms with Gasteiger partial charge >= 0.3 is 12.2 Å². The number of anilines is 1. The van der Waals surface area contributed by atoms with Crippen molar-refractivity contribution in [2.45, 2.75) is 32.5 Å². The summed E-state index contributed by atoms with van der Waals surface area (Å²) in [5.41, 5.74) is 7.02. The molecule has 1 atom stereocenters. The van der Waals surface area contributed by atoms with Crippen molar-refractivity contribution in [3.8, 4) is 0 Å². The summed E-state index contributed by atoms with van der Waals surface area (Å²) in [5, 5.41) is 2.46. The van der Waals surface area contributed by atoms with Gasteiger partial charge in [0.25, 0.3) is 0 Å². The van der Waals surface area contributed by atoms with Crippen LogP contribution in [-0.4, -0.2) is 30.2 Å². The smallest absolute Gasteiger partial charge is 0.324 e. The Hall–Kier alpha value is -1.76. The molecule has 118 valence electrons. The van der Waals surface area contributed by atoms with E-state index in [0.29, 0.717) is 12.1 Å². The van der Waals surface area contributed by atoms with E-state index in [2.05, 4.69) is 5.32 Å². The number of amides is 2. The van der Waals surface area contributed by atoms with Crippen molar-refractivity contribution in [2.24, 2.45) is 5.73 Å². The van der Waals surface area contributed by atoms with Gasteiger partial charge in [0.2, 0.25) is 0 Å². The number of nitrogens with two attached hydrogens (primary N) is 1. The fourth-order valence-electron chi connectivity index (χ4n) is 1.81. The van der Waals surface area contributed by atoms with Gasteiger partial charge in [-0.25, -0.2) is 4.79 Å². The molecule has 0 aliphatic carbocycles. The van der Waals surface area contributed by atoms with E-state index in [4.69, 9.17) is 5.73 Å². The molecule has 1 aromatic carbocycles. The molecule has 0 saturated heterocycles. The van der Waals surface area contributed by atoms with E-state index in [-0.39, 0.29) is 12.6 Å². The SMILES string of the molecule is CCCN(CC(F)(F)F)C(=O)Nc1ccc(C(C)N)cc1. The van der Waals surface area contributed by atoms with Crippen LogP contribution < -0.4 is 11.1 Å². The van der Waals surface area contributed by atoms with Crippen LogP contribution in [0.15, 0.2) is 24.3 Å². The summed E-state index contributed by atoms with van der Waals surface area (Å²) in [6, 6.07) is 5.80. The van der Waals surface area contributed by atoms with Crippen molar-refractivity contribution in [1.82, 2.24) is 4.90 Å². The summed E-state index contributed by atoms with van der Waals surface area (Å²) in [4.78, 5) is 12.6. The second-order valence-corrected chi connectivity index (χ2v) is 4.88. The van der Waals surface area contributed by atoms with Gasteiger partial charge in [0.05, 0.1) is 0 Å². The number of benzene rings is 1. The number of hydrogen-bond donors (Lipinski definition) is 2. The Morgan fingerprint density at radius 1 is 1.33 bits per heavy atom. The van der Waals surface area contributed by atoms with E-state index in [1.165, 1.54) is 0 Å². The average molecular weight is 303 g/mol. The van der Waals surface area contributed by atoms with E-state index in [1.807, 2.05) is 6.92 Å². The number of alkyl halides is 3. The van der Waals surface area contributed by atoms with Crippen LogP contribution in [0.3, 0.4) is 0 Å². The molecule has 0 aliphatic rings. The minimum absolute atomic E-state index is 0.0449. The molecule has 4 nitrogen and oxygen atoms in total. The number of halogens is 3. The molecule has 1 aromatic rings. The Bertz CT molecular complexity index is 458. The topological polar surface area (TPSA) is 58.4 Å². The molecule has 1 rings (SSSR count). The van der Waals surface area contributed by atoms with Crippen LogP contribution in [0, 0.1) is 0 Å². The molecule has 0 fully saturated rings. The van der Waals surface area contributed by atoms with Gasteiger partial charge in [-0.15, -0.1) is 0 Å².